The lowest BCUT2D eigenvalue weighted by Crippen LogP contribution is -2.40. The molecule has 0 radical (unpaired) electrons. The normalized spacial score (nSPS) is 13.2. The van der Waals surface area contributed by atoms with E-state index in [-0.39, 0.29) is 0 Å². The summed E-state index contributed by atoms with van der Waals surface area (Å²) in [5.74, 6) is -3.29. The Morgan fingerprint density at radius 1 is 1.33 bits per heavy atom. The van der Waals surface area contributed by atoms with E-state index in [1.165, 1.54) is 0 Å². The third-order valence-corrected chi connectivity index (χ3v) is 2.01. The summed E-state index contributed by atoms with van der Waals surface area (Å²) in [7, 11) is 0. The number of halogens is 5. The van der Waals surface area contributed by atoms with Gasteiger partial charge in [0.05, 0.1) is 12.1 Å². The Morgan fingerprint density at radius 2 is 1.94 bits per heavy atom. The van der Waals surface area contributed by atoms with Gasteiger partial charge in [-0.15, -0.1) is 0 Å². The first-order chi connectivity index (χ1) is 8.21. The number of rotatable bonds is 3. The van der Waals surface area contributed by atoms with Crippen molar-refractivity contribution in [1.29, 1.82) is 0 Å². The highest BCUT2D eigenvalue weighted by molar-refractivity contribution is 5.94. The maximum Gasteiger partial charge on any atom is 0.416 e. The quantitative estimate of drug-likeness (QED) is 0.819. The molecule has 0 saturated heterocycles. The molecule has 0 spiro atoms. The van der Waals surface area contributed by atoms with Gasteiger partial charge in [-0.1, -0.05) is 0 Å². The summed E-state index contributed by atoms with van der Waals surface area (Å²) in [6.45, 7) is -1.11. The highest BCUT2D eigenvalue weighted by Gasteiger charge is 2.38. The van der Waals surface area contributed by atoms with Crippen LogP contribution in [0.1, 0.15) is 10.4 Å². The largest absolute Gasteiger partial charge is 0.416 e. The molecule has 1 unspecified atom stereocenters. The molecule has 1 aromatic carbocycles. The second-order valence-corrected chi connectivity index (χ2v) is 3.39. The highest BCUT2D eigenvalue weighted by Crippen LogP contribution is 2.19. The number of aliphatic hydroxyl groups is 1. The molecule has 1 aromatic rings. The van der Waals surface area contributed by atoms with Crippen molar-refractivity contribution >= 4 is 5.91 Å². The summed E-state index contributed by atoms with van der Waals surface area (Å²) in [4.78, 5) is 11.3. The lowest BCUT2D eigenvalue weighted by molar-refractivity contribution is -0.201. The first kappa shape index (κ1) is 14.4. The zero-order valence-electron chi connectivity index (χ0n) is 8.76. The average molecular weight is 269 g/mol. The Bertz CT molecular complexity index is 446. The third-order valence-electron chi connectivity index (χ3n) is 2.01. The highest BCUT2D eigenvalue weighted by atomic mass is 19.4. The minimum Gasteiger partial charge on any atom is -0.382 e. The first-order valence-electron chi connectivity index (χ1n) is 4.70. The number of alkyl halides is 3. The summed E-state index contributed by atoms with van der Waals surface area (Å²) in [6.07, 6.45) is -7.63. The molecule has 0 aromatic heterocycles. The second-order valence-electron chi connectivity index (χ2n) is 3.39. The van der Waals surface area contributed by atoms with Gasteiger partial charge in [0.2, 0.25) is 0 Å². The topological polar surface area (TPSA) is 49.3 Å². The van der Waals surface area contributed by atoms with Crippen LogP contribution in [0.15, 0.2) is 18.2 Å². The lowest BCUT2D eigenvalue weighted by atomic mass is 10.2. The summed E-state index contributed by atoms with van der Waals surface area (Å²) < 4.78 is 61.3. The zero-order chi connectivity index (χ0) is 13.9. The van der Waals surface area contributed by atoms with E-state index in [4.69, 9.17) is 5.11 Å². The lowest BCUT2D eigenvalue weighted by Gasteiger charge is -2.15. The molecule has 1 amide bonds. The van der Waals surface area contributed by atoms with Crippen LogP contribution in [0.5, 0.6) is 0 Å². The van der Waals surface area contributed by atoms with Gasteiger partial charge in [-0.25, -0.2) is 8.78 Å². The SMILES string of the molecule is O=C(NCC(O)C(F)(F)F)c1ccc(F)cc1F. The number of aliphatic hydroxyl groups excluding tert-OH is 1. The maximum absolute atomic E-state index is 13.1. The van der Waals surface area contributed by atoms with Crippen LogP contribution in [-0.2, 0) is 0 Å². The summed E-state index contributed by atoms with van der Waals surface area (Å²) in [5, 5.41) is 10.3. The van der Waals surface area contributed by atoms with Crippen molar-refractivity contribution in [2.24, 2.45) is 0 Å². The number of nitrogens with one attached hydrogen (secondary N) is 1. The van der Waals surface area contributed by atoms with Crippen molar-refractivity contribution in [1.82, 2.24) is 5.32 Å². The molecular formula is C10H8F5NO2. The van der Waals surface area contributed by atoms with Gasteiger partial charge in [0.1, 0.15) is 11.6 Å². The van der Waals surface area contributed by atoms with Gasteiger partial charge >= 0.3 is 6.18 Å². The summed E-state index contributed by atoms with van der Waals surface area (Å²) >= 11 is 0. The fourth-order valence-corrected chi connectivity index (χ4v) is 1.07. The van der Waals surface area contributed by atoms with E-state index in [2.05, 4.69) is 0 Å². The van der Waals surface area contributed by atoms with E-state index in [1.807, 2.05) is 0 Å². The smallest absolute Gasteiger partial charge is 0.382 e. The first-order valence-corrected chi connectivity index (χ1v) is 4.70. The van der Waals surface area contributed by atoms with E-state index in [0.29, 0.717) is 6.07 Å². The number of amides is 1. The van der Waals surface area contributed by atoms with E-state index in [9.17, 15) is 26.7 Å². The molecule has 3 nitrogen and oxygen atoms in total. The van der Waals surface area contributed by atoms with Crippen LogP contribution in [0.25, 0.3) is 0 Å². The fraction of sp³-hybridized carbons (Fsp3) is 0.300. The van der Waals surface area contributed by atoms with Crippen LogP contribution in [-0.4, -0.2) is 29.8 Å². The standard InChI is InChI=1S/C10H8F5NO2/c11-5-1-2-6(7(12)3-5)9(18)16-4-8(17)10(13,14)15/h1-3,8,17H,4H2,(H,16,18). The monoisotopic (exact) mass is 269 g/mol. The van der Waals surface area contributed by atoms with Crippen molar-refractivity contribution < 1.29 is 31.9 Å². The predicted octanol–water partition coefficient (Wildman–Crippen LogP) is 1.62. The van der Waals surface area contributed by atoms with Crippen LogP contribution in [0.2, 0.25) is 0 Å². The van der Waals surface area contributed by atoms with Crippen molar-refractivity contribution in [3.05, 3.63) is 35.4 Å². The Balaban J connectivity index is 2.66. The average Bonchev–Trinajstić information content (AvgIpc) is 2.24. The molecule has 0 heterocycles. The van der Waals surface area contributed by atoms with Crippen LogP contribution in [0.3, 0.4) is 0 Å². The van der Waals surface area contributed by atoms with Crippen molar-refractivity contribution in [2.75, 3.05) is 6.54 Å². The Hall–Kier alpha value is -1.70. The van der Waals surface area contributed by atoms with Gasteiger partial charge in [-0.2, -0.15) is 13.2 Å². The molecule has 0 aliphatic carbocycles. The van der Waals surface area contributed by atoms with Crippen molar-refractivity contribution in [2.45, 2.75) is 12.3 Å². The molecule has 1 rings (SSSR count). The molecular weight excluding hydrogens is 261 g/mol. The van der Waals surface area contributed by atoms with Crippen LogP contribution < -0.4 is 5.32 Å². The number of benzene rings is 1. The van der Waals surface area contributed by atoms with Gasteiger partial charge in [0.25, 0.3) is 5.91 Å². The predicted molar refractivity (Wildman–Crippen MR) is 50.8 cm³/mol. The number of carbonyl (C=O) groups excluding carboxylic acids is 1. The zero-order valence-corrected chi connectivity index (χ0v) is 8.76. The van der Waals surface area contributed by atoms with Gasteiger partial charge < -0.3 is 10.4 Å². The number of carbonyl (C=O) groups is 1. The van der Waals surface area contributed by atoms with Crippen LogP contribution in [0.4, 0.5) is 22.0 Å². The van der Waals surface area contributed by atoms with Gasteiger partial charge in [0, 0.05) is 6.07 Å². The maximum atomic E-state index is 13.1. The summed E-state index contributed by atoms with van der Waals surface area (Å²) in [5.41, 5.74) is -0.606. The molecule has 18 heavy (non-hydrogen) atoms. The minimum absolute atomic E-state index is 0.426. The molecule has 0 bridgehead atoms. The van der Waals surface area contributed by atoms with Gasteiger partial charge in [-0.05, 0) is 12.1 Å². The van der Waals surface area contributed by atoms with Gasteiger partial charge in [0.15, 0.2) is 6.10 Å². The van der Waals surface area contributed by atoms with E-state index < -0.39 is 41.9 Å². The van der Waals surface area contributed by atoms with Gasteiger partial charge in [-0.3, -0.25) is 4.79 Å². The van der Waals surface area contributed by atoms with Crippen LogP contribution in [0, 0.1) is 11.6 Å². The van der Waals surface area contributed by atoms with Crippen molar-refractivity contribution in [3.8, 4) is 0 Å². The molecule has 0 aliphatic rings. The molecule has 100 valence electrons. The van der Waals surface area contributed by atoms with E-state index in [0.717, 1.165) is 12.1 Å². The van der Waals surface area contributed by atoms with Crippen LogP contribution >= 0.6 is 0 Å². The Morgan fingerprint density at radius 3 is 2.44 bits per heavy atom. The third kappa shape index (κ3) is 3.66. The molecule has 0 aliphatic heterocycles. The Kier molecular flexibility index (Phi) is 4.23. The van der Waals surface area contributed by atoms with E-state index in [1.54, 1.807) is 5.32 Å². The molecule has 2 N–H and O–H groups in total. The molecule has 8 heteroatoms. The summed E-state index contributed by atoms with van der Waals surface area (Å²) in [6, 6.07) is 2.01. The fourth-order valence-electron chi connectivity index (χ4n) is 1.07. The molecule has 0 saturated carbocycles. The molecule has 1 atom stereocenters. The number of hydrogen-bond acceptors (Lipinski definition) is 2. The second kappa shape index (κ2) is 5.30. The van der Waals surface area contributed by atoms with E-state index >= 15 is 0 Å². The Labute approximate surface area is 98.2 Å². The molecule has 0 fully saturated rings. The minimum atomic E-state index is -4.88. The van der Waals surface area contributed by atoms with Crippen molar-refractivity contribution in [3.63, 3.8) is 0 Å². The number of hydrogen-bond donors (Lipinski definition) is 2.